The maximum atomic E-state index is 6.29. The van der Waals surface area contributed by atoms with Gasteiger partial charge in [-0.15, -0.1) is 0 Å². The van der Waals surface area contributed by atoms with Crippen LogP contribution in [0.3, 0.4) is 0 Å². The normalized spacial score (nSPS) is 10.8. The molecule has 0 bridgehead atoms. The van der Waals surface area contributed by atoms with Gasteiger partial charge in [0.2, 0.25) is 5.88 Å². The molecule has 0 radical (unpaired) electrons. The number of ether oxygens (including phenoxy) is 1. The molecule has 28 heavy (non-hydrogen) atoms. The van der Waals surface area contributed by atoms with Gasteiger partial charge in [0.1, 0.15) is 17.8 Å². The molecule has 6 heteroatoms. The first-order valence-electron chi connectivity index (χ1n) is 9.00. The Labute approximate surface area is 163 Å². The average molecular weight is 371 g/mol. The summed E-state index contributed by atoms with van der Waals surface area (Å²) in [5.41, 5.74) is 11.7. The van der Waals surface area contributed by atoms with Crippen LogP contribution >= 0.6 is 0 Å². The predicted molar refractivity (Wildman–Crippen MR) is 112 cm³/mol. The third kappa shape index (κ3) is 3.44. The van der Waals surface area contributed by atoms with Crippen molar-refractivity contribution in [1.29, 1.82) is 0 Å². The van der Waals surface area contributed by atoms with Gasteiger partial charge in [-0.2, -0.15) is 4.98 Å². The molecule has 2 aromatic carbocycles. The fraction of sp³-hybridized carbons (Fsp3) is 0.136. The van der Waals surface area contributed by atoms with E-state index in [0.29, 0.717) is 23.1 Å². The van der Waals surface area contributed by atoms with Crippen LogP contribution in [0.2, 0.25) is 0 Å². The molecule has 4 rings (SSSR count). The van der Waals surface area contributed by atoms with Crippen LogP contribution in [-0.4, -0.2) is 15.0 Å². The third-order valence-electron chi connectivity index (χ3n) is 4.66. The number of nitrogens with two attached hydrogens (primary N) is 1. The Bertz CT molecular complexity index is 1170. The predicted octanol–water partition coefficient (Wildman–Crippen LogP) is 5.07. The van der Waals surface area contributed by atoms with Gasteiger partial charge >= 0.3 is 0 Å². The lowest BCUT2D eigenvalue weighted by atomic mass is 10.1. The molecule has 0 spiro atoms. The second-order valence-electron chi connectivity index (χ2n) is 6.74. The zero-order valence-electron chi connectivity index (χ0n) is 16.0. The summed E-state index contributed by atoms with van der Waals surface area (Å²) in [7, 11) is 0. The summed E-state index contributed by atoms with van der Waals surface area (Å²) < 4.78 is 5.90. The van der Waals surface area contributed by atoms with Crippen molar-refractivity contribution in [3.8, 4) is 11.6 Å². The molecule has 2 heterocycles. The highest BCUT2D eigenvalue weighted by Gasteiger charge is 2.12. The van der Waals surface area contributed by atoms with Crippen molar-refractivity contribution in [3.05, 3.63) is 71.7 Å². The fourth-order valence-electron chi connectivity index (χ4n) is 2.94. The summed E-state index contributed by atoms with van der Waals surface area (Å²) in [6, 6.07) is 15.8. The fourth-order valence-corrected chi connectivity index (χ4v) is 2.94. The molecule has 3 N–H and O–H groups in total. The molecule has 6 nitrogen and oxygen atoms in total. The van der Waals surface area contributed by atoms with Gasteiger partial charge in [-0.3, -0.25) is 4.98 Å². The van der Waals surface area contributed by atoms with Gasteiger partial charge < -0.3 is 15.8 Å². The van der Waals surface area contributed by atoms with Crippen LogP contribution in [0, 0.1) is 20.8 Å². The van der Waals surface area contributed by atoms with E-state index in [1.165, 1.54) is 11.9 Å². The van der Waals surface area contributed by atoms with E-state index < -0.39 is 0 Å². The van der Waals surface area contributed by atoms with Crippen LogP contribution in [0.4, 0.5) is 17.2 Å². The minimum atomic E-state index is 0.315. The van der Waals surface area contributed by atoms with Gasteiger partial charge in [-0.05, 0) is 68.3 Å². The largest absolute Gasteiger partial charge is 0.437 e. The van der Waals surface area contributed by atoms with Crippen LogP contribution < -0.4 is 15.8 Å². The molecule has 0 saturated carbocycles. The molecule has 0 unspecified atom stereocenters. The number of nitrogen functional groups attached to an aromatic ring is 1. The molecular formula is C22H21N5O. The first kappa shape index (κ1) is 17.7. The monoisotopic (exact) mass is 371 g/mol. The van der Waals surface area contributed by atoms with Crippen LogP contribution in [0.15, 0.2) is 54.9 Å². The van der Waals surface area contributed by atoms with Gasteiger partial charge in [0.25, 0.3) is 0 Å². The Kier molecular flexibility index (Phi) is 4.53. The van der Waals surface area contributed by atoms with Crippen LogP contribution in [-0.2, 0) is 0 Å². The number of aryl methyl sites for hydroxylation is 3. The van der Waals surface area contributed by atoms with Crippen molar-refractivity contribution in [2.45, 2.75) is 20.8 Å². The quantitative estimate of drug-likeness (QED) is 0.521. The van der Waals surface area contributed by atoms with Gasteiger partial charge in [0.05, 0.1) is 5.52 Å². The molecule has 0 aliphatic rings. The van der Waals surface area contributed by atoms with Crippen molar-refractivity contribution < 1.29 is 4.74 Å². The van der Waals surface area contributed by atoms with E-state index in [-0.39, 0.29) is 0 Å². The highest BCUT2D eigenvalue weighted by atomic mass is 16.5. The smallest absolute Gasteiger partial charge is 0.248 e. The van der Waals surface area contributed by atoms with Crippen molar-refractivity contribution in [2.75, 3.05) is 11.1 Å². The average Bonchev–Trinajstić information content (AvgIpc) is 2.68. The Morgan fingerprint density at radius 3 is 2.61 bits per heavy atom. The second-order valence-corrected chi connectivity index (χ2v) is 6.74. The highest BCUT2D eigenvalue weighted by molar-refractivity contribution is 5.94. The van der Waals surface area contributed by atoms with Crippen LogP contribution in [0.25, 0.3) is 10.9 Å². The standard InChI is InChI=1S/C22H21N5O/c1-13-7-9-16(11-14(13)2)28-22-20(23)21(24-12-25-22)27-19-6-4-5-18-17(19)10-8-15(3)26-18/h4-12H,23H2,1-3H3,(H,24,25,27). The number of benzene rings is 2. The van der Waals surface area contributed by atoms with E-state index in [1.807, 2.05) is 62.4 Å². The lowest BCUT2D eigenvalue weighted by molar-refractivity contribution is 0.464. The molecule has 0 fully saturated rings. The van der Waals surface area contributed by atoms with Crippen molar-refractivity contribution in [2.24, 2.45) is 0 Å². The molecule has 0 aliphatic heterocycles. The third-order valence-corrected chi connectivity index (χ3v) is 4.66. The number of aromatic nitrogens is 3. The molecule has 2 aromatic heterocycles. The molecule has 0 amide bonds. The SMILES string of the molecule is Cc1ccc2c(Nc3ncnc(Oc4ccc(C)c(C)c4)c3N)cccc2n1. The zero-order chi connectivity index (χ0) is 19.7. The molecule has 4 aromatic rings. The topological polar surface area (TPSA) is 86.0 Å². The molecular weight excluding hydrogens is 350 g/mol. The first-order valence-corrected chi connectivity index (χ1v) is 9.00. The Hall–Kier alpha value is -3.67. The van der Waals surface area contributed by atoms with E-state index in [9.17, 15) is 0 Å². The molecule has 0 saturated heterocycles. The first-order chi connectivity index (χ1) is 13.5. The zero-order valence-corrected chi connectivity index (χ0v) is 16.0. The lowest BCUT2D eigenvalue weighted by Gasteiger charge is -2.13. The Morgan fingerprint density at radius 1 is 0.929 bits per heavy atom. The number of anilines is 3. The summed E-state index contributed by atoms with van der Waals surface area (Å²) in [4.78, 5) is 13.0. The second kappa shape index (κ2) is 7.15. The van der Waals surface area contributed by atoms with E-state index >= 15 is 0 Å². The number of hydrogen-bond acceptors (Lipinski definition) is 6. The minimum Gasteiger partial charge on any atom is -0.437 e. The van der Waals surface area contributed by atoms with Gasteiger partial charge in [0.15, 0.2) is 5.82 Å². The number of nitrogens with one attached hydrogen (secondary N) is 1. The highest BCUT2D eigenvalue weighted by Crippen LogP contribution is 2.33. The van der Waals surface area contributed by atoms with E-state index in [4.69, 9.17) is 10.5 Å². The summed E-state index contributed by atoms with van der Waals surface area (Å²) >= 11 is 0. The molecule has 140 valence electrons. The maximum Gasteiger partial charge on any atom is 0.248 e. The summed E-state index contributed by atoms with van der Waals surface area (Å²) in [5.74, 6) is 1.49. The van der Waals surface area contributed by atoms with Crippen molar-refractivity contribution in [1.82, 2.24) is 15.0 Å². The Morgan fingerprint density at radius 2 is 1.79 bits per heavy atom. The number of rotatable bonds is 4. The summed E-state index contributed by atoms with van der Waals surface area (Å²) in [6.07, 6.45) is 1.43. The molecule has 0 atom stereocenters. The van der Waals surface area contributed by atoms with Gasteiger partial charge in [0, 0.05) is 16.8 Å². The lowest BCUT2D eigenvalue weighted by Crippen LogP contribution is -2.03. The van der Waals surface area contributed by atoms with Crippen molar-refractivity contribution in [3.63, 3.8) is 0 Å². The summed E-state index contributed by atoms with van der Waals surface area (Å²) in [6.45, 7) is 6.06. The molecule has 0 aliphatic carbocycles. The number of hydrogen-bond donors (Lipinski definition) is 2. The Balaban J connectivity index is 1.66. The van der Waals surface area contributed by atoms with Crippen LogP contribution in [0.1, 0.15) is 16.8 Å². The van der Waals surface area contributed by atoms with Gasteiger partial charge in [-0.25, -0.2) is 4.98 Å². The minimum absolute atomic E-state index is 0.315. The van der Waals surface area contributed by atoms with E-state index in [1.54, 1.807) is 0 Å². The van der Waals surface area contributed by atoms with Crippen molar-refractivity contribution >= 4 is 28.1 Å². The number of pyridine rings is 1. The number of nitrogens with zero attached hydrogens (tertiary/aromatic N) is 3. The summed E-state index contributed by atoms with van der Waals surface area (Å²) in [5, 5.41) is 4.27. The van der Waals surface area contributed by atoms with Crippen LogP contribution in [0.5, 0.6) is 11.6 Å². The van der Waals surface area contributed by atoms with E-state index in [2.05, 4.69) is 27.2 Å². The van der Waals surface area contributed by atoms with E-state index in [0.717, 1.165) is 27.8 Å². The number of fused-ring (bicyclic) bond motifs is 1. The maximum absolute atomic E-state index is 6.29. The van der Waals surface area contributed by atoms with Gasteiger partial charge in [-0.1, -0.05) is 12.1 Å².